The zero-order valence-corrected chi connectivity index (χ0v) is 11.3. The van der Waals surface area contributed by atoms with Crippen molar-refractivity contribution in [1.29, 1.82) is 0 Å². The van der Waals surface area contributed by atoms with Crippen LogP contribution in [-0.2, 0) is 9.53 Å². The highest BCUT2D eigenvalue weighted by molar-refractivity contribution is 5.97. The zero-order chi connectivity index (χ0) is 13.5. The molecule has 0 aromatic heterocycles. The summed E-state index contributed by atoms with van der Waals surface area (Å²) in [6.07, 6.45) is 0.539. The Morgan fingerprint density at radius 2 is 2.11 bits per heavy atom. The van der Waals surface area contributed by atoms with Crippen LogP contribution in [0.25, 0.3) is 0 Å². The molecule has 0 bridgehead atoms. The van der Waals surface area contributed by atoms with Crippen molar-refractivity contribution in [1.82, 2.24) is 0 Å². The summed E-state index contributed by atoms with van der Waals surface area (Å²) in [6.45, 7) is 5.06. The van der Waals surface area contributed by atoms with Crippen molar-refractivity contribution in [3.05, 3.63) is 29.8 Å². The van der Waals surface area contributed by atoms with Crippen molar-refractivity contribution in [2.45, 2.75) is 26.3 Å². The number of methoxy groups -OCH3 is 1. The second-order valence-electron chi connectivity index (χ2n) is 4.26. The molecular weight excluding hydrogens is 228 g/mol. The Labute approximate surface area is 109 Å². The molecule has 0 aliphatic heterocycles. The van der Waals surface area contributed by atoms with Crippen molar-refractivity contribution >= 4 is 11.6 Å². The summed E-state index contributed by atoms with van der Waals surface area (Å²) >= 11 is 0. The Balaban J connectivity index is 2.83. The molecule has 0 heterocycles. The van der Waals surface area contributed by atoms with E-state index in [1.807, 2.05) is 38.1 Å². The van der Waals surface area contributed by atoms with Crippen LogP contribution in [0.4, 0.5) is 5.69 Å². The van der Waals surface area contributed by atoms with Gasteiger partial charge >= 0.3 is 0 Å². The van der Waals surface area contributed by atoms with Crippen LogP contribution >= 0.6 is 0 Å². The SMILES string of the molecule is CCN(C(=O)C(N)CCOC)c1ccccc1C. The monoisotopic (exact) mass is 250 g/mol. The predicted molar refractivity (Wildman–Crippen MR) is 73.7 cm³/mol. The molecule has 0 saturated heterocycles. The molecule has 2 N–H and O–H groups in total. The van der Waals surface area contributed by atoms with Gasteiger partial charge in [-0.1, -0.05) is 18.2 Å². The van der Waals surface area contributed by atoms with Crippen molar-refractivity contribution in [2.75, 3.05) is 25.2 Å². The maximum absolute atomic E-state index is 12.3. The lowest BCUT2D eigenvalue weighted by Gasteiger charge is -2.25. The van der Waals surface area contributed by atoms with E-state index in [0.29, 0.717) is 19.6 Å². The summed E-state index contributed by atoms with van der Waals surface area (Å²) in [7, 11) is 1.61. The first-order valence-corrected chi connectivity index (χ1v) is 6.23. The summed E-state index contributed by atoms with van der Waals surface area (Å²) < 4.78 is 4.95. The molecule has 0 saturated carbocycles. The van der Waals surface area contributed by atoms with Crippen LogP contribution in [0.5, 0.6) is 0 Å². The summed E-state index contributed by atoms with van der Waals surface area (Å²) in [5, 5.41) is 0. The van der Waals surface area contributed by atoms with E-state index >= 15 is 0 Å². The van der Waals surface area contributed by atoms with Gasteiger partial charge in [-0.15, -0.1) is 0 Å². The number of carbonyl (C=O) groups is 1. The molecule has 0 fully saturated rings. The number of ether oxygens (including phenoxy) is 1. The molecule has 1 aromatic carbocycles. The van der Waals surface area contributed by atoms with Crippen molar-refractivity contribution in [2.24, 2.45) is 5.73 Å². The number of para-hydroxylation sites is 1. The maximum atomic E-state index is 12.3. The van der Waals surface area contributed by atoms with E-state index < -0.39 is 6.04 Å². The molecule has 4 heteroatoms. The van der Waals surface area contributed by atoms with Crippen LogP contribution in [0.15, 0.2) is 24.3 Å². The second kappa shape index (κ2) is 7.13. The minimum Gasteiger partial charge on any atom is -0.385 e. The fourth-order valence-corrected chi connectivity index (χ4v) is 1.88. The standard InChI is InChI=1S/C14H22N2O2/c1-4-16(13-8-6-5-7-11(13)2)14(17)12(15)9-10-18-3/h5-8,12H,4,9-10,15H2,1-3H3. The number of hydrogen-bond acceptors (Lipinski definition) is 3. The molecule has 0 aliphatic rings. The molecule has 1 atom stereocenters. The highest BCUT2D eigenvalue weighted by atomic mass is 16.5. The molecule has 0 aliphatic carbocycles. The number of amides is 1. The van der Waals surface area contributed by atoms with Gasteiger partial charge in [0.2, 0.25) is 5.91 Å². The first kappa shape index (κ1) is 14.7. The van der Waals surface area contributed by atoms with Crippen LogP contribution in [0.1, 0.15) is 18.9 Å². The zero-order valence-electron chi connectivity index (χ0n) is 11.3. The van der Waals surface area contributed by atoms with Gasteiger partial charge in [-0.05, 0) is 31.9 Å². The largest absolute Gasteiger partial charge is 0.385 e. The van der Waals surface area contributed by atoms with Gasteiger partial charge in [0.1, 0.15) is 0 Å². The van der Waals surface area contributed by atoms with Gasteiger partial charge in [-0.2, -0.15) is 0 Å². The highest BCUT2D eigenvalue weighted by Crippen LogP contribution is 2.20. The Kier molecular flexibility index (Phi) is 5.82. The van der Waals surface area contributed by atoms with E-state index in [1.165, 1.54) is 0 Å². The van der Waals surface area contributed by atoms with Gasteiger partial charge in [-0.25, -0.2) is 0 Å². The fraction of sp³-hybridized carbons (Fsp3) is 0.500. The minimum absolute atomic E-state index is 0.0520. The van der Waals surface area contributed by atoms with E-state index in [9.17, 15) is 4.79 Å². The number of likely N-dealkylation sites (N-methyl/N-ethyl adjacent to an activating group) is 1. The number of anilines is 1. The first-order valence-electron chi connectivity index (χ1n) is 6.23. The van der Waals surface area contributed by atoms with E-state index in [1.54, 1.807) is 12.0 Å². The van der Waals surface area contributed by atoms with Gasteiger partial charge in [0, 0.05) is 25.9 Å². The van der Waals surface area contributed by atoms with Gasteiger partial charge in [0.05, 0.1) is 6.04 Å². The number of nitrogens with zero attached hydrogens (tertiary/aromatic N) is 1. The van der Waals surface area contributed by atoms with Crippen molar-refractivity contribution in [3.63, 3.8) is 0 Å². The molecule has 1 rings (SSSR count). The first-order chi connectivity index (χ1) is 8.61. The summed E-state index contributed by atoms with van der Waals surface area (Å²) in [6, 6.07) is 7.32. The summed E-state index contributed by atoms with van der Waals surface area (Å²) in [5.41, 5.74) is 7.90. The average Bonchev–Trinajstić information content (AvgIpc) is 2.38. The summed E-state index contributed by atoms with van der Waals surface area (Å²) in [4.78, 5) is 14.0. The van der Waals surface area contributed by atoms with Crippen LogP contribution in [0.2, 0.25) is 0 Å². The quantitative estimate of drug-likeness (QED) is 0.836. The number of rotatable bonds is 6. The number of benzene rings is 1. The highest BCUT2D eigenvalue weighted by Gasteiger charge is 2.21. The molecule has 18 heavy (non-hydrogen) atoms. The van der Waals surface area contributed by atoms with Gasteiger partial charge < -0.3 is 15.4 Å². The van der Waals surface area contributed by atoms with Crippen LogP contribution in [0.3, 0.4) is 0 Å². The van der Waals surface area contributed by atoms with E-state index in [2.05, 4.69) is 0 Å². The third-order valence-corrected chi connectivity index (χ3v) is 2.94. The number of carbonyl (C=O) groups excluding carboxylic acids is 1. The molecule has 1 aromatic rings. The smallest absolute Gasteiger partial charge is 0.243 e. The normalized spacial score (nSPS) is 12.2. The number of aryl methyl sites for hydroxylation is 1. The Bertz CT molecular complexity index is 393. The fourth-order valence-electron chi connectivity index (χ4n) is 1.88. The topological polar surface area (TPSA) is 55.6 Å². The number of nitrogens with two attached hydrogens (primary N) is 1. The van der Waals surface area contributed by atoms with Crippen molar-refractivity contribution in [3.8, 4) is 0 Å². The predicted octanol–water partition coefficient (Wildman–Crippen LogP) is 1.71. The molecule has 4 nitrogen and oxygen atoms in total. The molecule has 0 radical (unpaired) electrons. The lowest BCUT2D eigenvalue weighted by atomic mass is 10.1. The number of hydrogen-bond donors (Lipinski definition) is 1. The molecule has 100 valence electrons. The molecule has 1 amide bonds. The maximum Gasteiger partial charge on any atom is 0.243 e. The molecular formula is C14H22N2O2. The van der Waals surface area contributed by atoms with Gasteiger partial charge in [0.15, 0.2) is 0 Å². The molecule has 0 spiro atoms. The lowest BCUT2D eigenvalue weighted by Crippen LogP contribution is -2.44. The Morgan fingerprint density at radius 3 is 2.67 bits per heavy atom. The molecule has 1 unspecified atom stereocenters. The lowest BCUT2D eigenvalue weighted by molar-refractivity contribution is -0.120. The van der Waals surface area contributed by atoms with Gasteiger partial charge in [-0.3, -0.25) is 4.79 Å². The minimum atomic E-state index is -0.510. The third-order valence-electron chi connectivity index (χ3n) is 2.94. The summed E-state index contributed by atoms with van der Waals surface area (Å²) in [5.74, 6) is -0.0520. The van der Waals surface area contributed by atoms with E-state index in [-0.39, 0.29) is 5.91 Å². The van der Waals surface area contributed by atoms with E-state index in [0.717, 1.165) is 11.3 Å². The average molecular weight is 250 g/mol. The van der Waals surface area contributed by atoms with Crippen LogP contribution in [0, 0.1) is 6.92 Å². The van der Waals surface area contributed by atoms with Crippen molar-refractivity contribution < 1.29 is 9.53 Å². The Morgan fingerprint density at radius 1 is 1.44 bits per heavy atom. The van der Waals surface area contributed by atoms with Gasteiger partial charge in [0.25, 0.3) is 0 Å². The second-order valence-corrected chi connectivity index (χ2v) is 4.26. The van der Waals surface area contributed by atoms with E-state index in [4.69, 9.17) is 10.5 Å². The van der Waals surface area contributed by atoms with Crippen LogP contribution < -0.4 is 10.6 Å². The Hall–Kier alpha value is -1.39. The van der Waals surface area contributed by atoms with Crippen LogP contribution in [-0.4, -0.2) is 32.2 Å². The third kappa shape index (κ3) is 3.55.